The quantitative estimate of drug-likeness (QED) is 0.302. The topological polar surface area (TPSA) is 105 Å². The maximum absolute atomic E-state index is 14.1. The number of carbonyl (C=O) groups excluding carboxylic acids is 2. The lowest BCUT2D eigenvalue weighted by Crippen LogP contribution is -2.52. The number of likely N-dealkylation sites (N-methyl/N-ethyl adjacent to an activating group) is 1. The van der Waals surface area contributed by atoms with E-state index in [2.05, 4.69) is 5.32 Å². The van der Waals surface area contributed by atoms with Crippen molar-refractivity contribution in [2.45, 2.75) is 44.7 Å². The van der Waals surface area contributed by atoms with Gasteiger partial charge < -0.3 is 19.7 Å². The number of ether oxygens (including phenoxy) is 2. The molecule has 11 heteroatoms. The van der Waals surface area contributed by atoms with Crippen LogP contribution >= 0.6 is 11.6 Å². The summed E-state index contributed by atoms with van der Waals surface area (Å²) in [5, 5.41) is 3.21. The first kappa shape index (κ1) is 31.8. The summed E-state index contributed by atoms with van der Waals surface area (Å²) in [6.45, 7) is 5.31. The standard InChI is InChI=1S/C30H36ClN3O6S/c1-6-26(30(36)32-7-2)33(19-22-10-8-9-11-25(22)31)29(35)20-34(23-14-12-21(3)13-15-23)41(37,38)24-16-17-27(39-4)28(18-24)40-5/h8-18,26H,6-7,19-20H2,1-5H3,(H,32,36)/t26-/m1/s1. The molecule has 2 amide bonds. The molecule has 0 spiro atoms. The predicted molar refractivity (Wildman–Crippen MR) is 160 cm³/mol. The van der Waals surface area contributed by atoms with Gasteiger partial charge in [0.25, 0.3) is 10.0 Å². The van der Waals surface area contributed by atoms with E-state index in [1.807, 2.05) is 6.92 Å². The number of methoxy groups -OCH3 is 2. The average Bonchev–Trinajstić information content (AvgIpc) is 2.96. The van der Waals surface area contributed by atoms with Gasteiger partial charge in [0.2, 0.25) is 11.8 Å². The van der Waals surface area contributed by atoms with Gasteiger partial charge in [-0.1, -0.05) is 54.4 Å². The number of hydrogen-bond donors (Lipinski definition) is 1. The second kappa shape index (κ2) is 14.2. The van der Waals surface area contributed by atoms with Crippen molar-refractivity contribution >= 4 is 39.1 Å². The Morgan fingerprint density at radius 3 is 2.20 bits per heavy atom. The molecule has 0 heterocycles. The van der Waals surface area contributed by atoms with Gasteiger partial charge in [-0.25, -0.2) is 8.42 Å². The highest BCUT2D eigenvalue weighted by atomic mass is 35.5. The molecule has 3 aromatic rings. The number of anilines is 1. The van der Waals surface area contributed by atoms with Gasteiger partial charge in [-0.3, -0.25) is 13.9 Å². The lowest BCUT2D eigenvalue weighted by Gasteiger charge is -2.33. The molecule has 1 atom stereocenters. The minimum Gasteiger partial charge on any atom is -0.493 e. The molecular formula is C30H36ClN3O6S. The van der Waals surface area contributed by atoms with E-state index >= 15 is 0 Å². The SMILES string of the molecule is CCNC(=O)[C@@H](CC)N(Cc1ccccc1Cl)C(=O)CN(c1ccc(C)cc1)S(=O)(=O)c1ccc(OC)c(OC)c1. The number of nitrogens with zero attached hydrogens (tertiary/aromatic N) is 2. The Balaban J connectivity index is 2.10. The molecule has 3 rings (SSSR count). The fraction of sp³-hybridized carbons (Fsp3) is 0.333. The third-order valence-electron chi connectivity index (χ3n) is 6.58. The number of sulfonamides is 1. The van der Waals surface area contributed by atoms with Crippen LogP contribution in [0.1, 0.15) is 31.4 Å². The summed E-state index contributed by atoms with van der Waals surface area (Å²) in [6, 6.07) is 17.2. The molecule has 220 valence electrons. The summed E-state index contributed by atoms with van der Waals surface area (Å²) in [7, 11) is -1.41. The summed E-state index contributed by atoms with van der Waals surface area (Å²) < 4.78 is 39.8. The summed E-state index contributed by atoms with van der Waals surface area (Å²) in [5.41, 5.74) is 1.85. The lowest BCUT2D eigenvalue weighted by molar-refractivity contribution is -0.140. The van der Waals surface area contributed by atoms with Crippen LogP contribution in [-0.2, 0) is 26.2 Å². The van der Waals surface area contributed by atoms with Gasteiger partial charge in [0.15, 0.2) is 11.5 Å². The van der Waals surface area contributed by atoms with Crippen LogP contribution in [0, 0.1) is 6.92 Å². The Kier molecular flexibility index (Phi) is 11.0. The molecule has 0 saturated carbocycles. The van der Waals surface area contributed by atoms with Crippen molar-refractivity contribution in [1.82, 2.24) is 10.2 Å². The number of halogens is 1. The molecule has 0 fully saturated rings. The molecule has 0 unspecified atom stereocenters. The summed E-state index contributed by atoms with van der Waals surface area (Å²) >= 11 is 6.42. The van der Waals surface area contributed by atoms with Crippen LogP contribution in [0.4, 0.5) is 5.69 Å². The number of carbonyl (C=O) groups is 2. The summed E-state index contributed by atoms with van der Waals surface area (Å²) in [5.74, 6) is -0.304. The molecule has 0 aliphatic rings. The van der Waals surface area contributed by atoms with Crippen molar-refractivity contribution in [2.75, 3.05) is 31.6 Å². The van der Waals surface area contributed by atoms with Crippen LogP contribution in [-0.4, -0.2) is 58.5 Å². The molecule has 0 aliphatic carbocycles. The van der Waals surface area contributed by atoms with E-state index in [1.54, 1.807) is 62.4 Å². The van der Waals surface area contributed by atoms with E-state index in [-0.39, 0.29) is 23.1 Å². The van der Waals surface area contributed by atoms with Gasteiger partial charge in [0.05, 0.1) is 24.8 Å². The van der Waals surface area contributed by atoms with E-state index in [0.29, 0.717) is 35.0 Å². The summed E-state index contributed by atoms with van der Waals surface area (Å²) in [4.78, 5) is 28.4. The van der Waals surface area contributed by atoms with Crippen molar-refractivity contribution < 1.29 is 27.5 Å². The van der Waals surface area contributed by atoms with Crippen molar-refractivity contribution in [1.29, 1.82) is 0 Å². The minimum absolute atomic E-state index is 0.0201. The maximum Gasteiger partial charge on any atom is 0.264 e. The van der Waals surface area contributed by atoms with E-state index in [1.165, 1.54) is 37.3 Å². The van der Waals surface area contributed by atoms with Crippen molar-refractivity contribution in [3.05, 3.63) is 82.9 Å². The third-order valence-corrected chi connectivity index (χ3v) is 8.72. The van der Waals surface area contributed by atoms with Gasteiger partial charge in [-0.05, 0) is 56.2 Å². The largest absolute Gasteiger partial charge is 0.493 e. The van der Waals surface area contributed by atoms with Crippen LogP contribution < -0.4 is 19.1 Å². The van der Waals surface area contributed by atoms with Crippen molar-refractivity contribution in [3.63, 3.8) is 0 Å². The molecule has 9 nitrogen and oxygen atoms in total. The van der Waals surface area contributed by atoms with Gasteiger partial charge in [-0.2, -0.15) is 0 Å². The highest BCUT2D eigenvalue weighted by Gasteiger charge is 2.34. The number of hydrogen-bond acceptors (Lipinski definition) is 6. The lowest BCUT2D eigenvalue weighted by atomic mass is 10.1. The van der Waals surface area contributed by atoms with Crippen LogP contribution in [0.2, 0.25) is 5.02 Å². The Labute approximate surface area is 247 Å². The highest BCUT2D eigenvalue weighted by Crippen LogP contribution is 2.32. The molecule has 0 radical (unpaired) electrons. The smallest absolute Gasteiger partial charge is 0.264 e. The zero-order valence-electron chi connectivity index (χ0n) is 23.9. The first-order chi connectivity index (χ1) is 19.6. The normalized spacial score (nSPS) is 11.9. The fourth-order valence-electron chi connectivity index (χ4n) is 4.37. The van der Waals surface area contributed by atoms with Crippen molar-refractivity contribution in [3.8, 4) is 11.5 Å². The van der Waals surface area contributed by atoms with Gasteiger partial charge >= 0.3 is 0 Å². The summed E-state index contributed by atoms with van der Waals surface area (Å²) in [6.07, 6.45) is 0.314. The number of rotatable bonds is 13. The van der Waals surface area contributed by atoms with Crippen LogP contribution in [0.3, 0.4) is 0 Å². The number of nitrogens with one attached hydrogen (secondary N) is 1. The highest BCUT2D eigenvalue weighted by molar-refractivity contribution is 7.92. The van der Waals surface area contributed by atoms with E-state index in [4.69, 9.17) is 21.1 Å². The van der Waals surface area contributed by atoms with E-state index < -0.39 is 28.5 Å². The number of benzene rings is 3. The molecular weight excluding hydrogens is 566 g/mol. The molecule has 0 aliphatic heterocycles. The minimum atomic E-state index is -4.27. The van der Waals surface area contributed by atoms with Crippen LogP contribution in [0.15, 0.2) is 71.6 Å². The first-order valence-corrected chi connectivity index (χ1v) is 15.0. The molecule has 0 aromatic heterocycles. The predicted octanol–water partition coefficient (Wildman–Crippen LogP) is 4.80. The van der Waals surface area contributed by atoms with Gasteiger partial charge in [0.1, 0.15) is 12.6 Å². The second-order valence-corrected chi connectivity index (χ2v) is 11.6. The molecule has 0 saturated heterocycles. The maximum atomic E-state index is 14.1. The fourth-order valence-corrected chi connectivity index (χ4v) is 5.99. The van der Waals surface area contributed by atoms with Gasteiger partial charge in [0, 0.05) is 24.2 Å². The van der Waals surface area contributed by atoms with E-state index in [9.17, 15) is 18.0 Å². The van der Waals surface area contributed by atoms with Gasteiger partial charge in [-0.15, -0.1) is 0 Å². The third kappa shape index (κ3) is 7.51. The van der Waals surface area contributed by atoms with Crippen LogP contribution in [0.25, 0.3) is 0 Å². The molecule has 41 heavy (non-hydrogen) atoms. The molecule has 1 N–H and O–H groups in total. The number of aryl methyl sites for hydroxylation is 1. The Bertz CT molecular complexity index is 1460. The Hall–Kier alpha value is -3.76. The van der Waals surface area contributed by atoms with Crippen molar-refractivity contribution in [2.24, 2.45) is 0 Å². The zero-order valence-corrected chi connectivity index (χ0v) is 25.5. The first-order valence-electron chi connectivity index (χ1n) is 13.2. The Morgan fingerprint density at radius 1 is 0.951 bits per heavy atom. The monoisotopic (exact) mass is 601 g/mol. The zero-order chi connectivity index (χ0) is 30.2. The molecule has 3 aromatic carbocycles. The van der Waals surface area contributed by atoms with Crippen LogP contribution in [0.5, 0.6) is 11.5 Å². The Morgan fingerprint density at radius 2 is 1.61 bits per heavy atom. The second-order valence-electron chi connectivity index (χ2n) is 9.30. The van der Waals surface area contributed by atoms with E-state index in [0.717, 1.165) is 9.87 Å². The number of amides is 2. The molecule has 0 bridgehead atoms. The average molecular weight is 602 g/mol.